The number of piperazine rings is 1. The van der Waals surface area contributed by atoms with Crippen LogP contribution >= 0.6 is 0 Å². The first-order valence-corrected chi connectivity index (χ1v) is 7.33. The molecule has 1 heterocycles. The highest BCUT2D eigenvalue weighted by Gasteiger charge is 2.20. The van der Waals surface area contributed by atoms with E-state index in [9.17, 15) is 9.59 Å². The van der Waals surface area contributed by atoms with Crippen LogP contribution in [0.25, 0.3) is 0 Å². The SMILES string of the molecule is COC(=O)COc1c(C)cc(C(=O)N2CCNCC2)cc1C. The maximum absolute atomic E-state index is 12.5. The fourth-order valence-corrected chi connectivity index (χ4v) is 2.54. The third-order valence-corrected chi connectivity index (χ3v) is 3.67. The predicted octanol–water partition coefficient (Wildman–Crippen LogP) is 0.901. The molecular weight excluding hydrogens is 284 g/mol. The van der Waals surface area contributed by atoms with Crippen LogP contribution in [-0.4, -0.2) is 56.7 Å². The van der Waals surface area contributed by atoms with Crippen molar-refractivity contribution in [3.05, 3.63) is 28.8 Å². The number of esters is 1. The number of hydrogen-bond donors (Lipinski definition) is 1. The second-order valence-corrected chi connectivity index (χ2v) is 5.35. The Bertz CT molecular complexity index is 542. The lowest BCUT2D eigenvalue weighted by Crippen LogP contribution is -2.46. The van der Waals surface area contributed by atoms with Gasteiger partial charge in [-0.3, -0.25) is 4.79 Å². The summed E-state index contributed by atoms with van der Waals surface area (Å²) in [5.41, 5.74) is 2.33. The molecule has 0 aliphatic carbocycles. The molecule has 0 aromatic heterocycles. The summed E-state index contributed by atoms with van der Waals surface area (Å²) in [5, 5.41) is 3.23. The first kappa shape index (κ1) is 16.3. The number of hydrogen-bond acceptors (Lipinski definition) is 5. The summed E-state index contributed by atoms with van der Waals surface area (Å²) in [6, 6.07) is 3.62. The topological polar surface area (TPSA) is 67.9 Å². The van der Waals surface area contributed by atoms with Crippen molar-refractivity contribution >= 4 is 11.9 Å². The van der Waals surface area contributed by atoms with Crippen LogP contribution in [0, 0.1) is 13.8 Å². The second kappa shape index (κ2) is 7.26. The molecule has 1 N–H and O–H groups in total. The molecule has 0 spiro atoms. The zero-order valence-electron chi connectivity index (χ0n) is 13.3. The normalized spacial score (nSPS) is 14.6. The maximum atomic E-state index is 12.5. The predicted molar refractivity (Wildman–Crippen MR) is 82.2 cm³/mol. The maximum Gasteiger partial charge on any atom is 0.343 e. The van der Waals surface area contributed by atoms with E-state index in [2.05, 4.69) is 10.1 Å². The van der Waals surface area contributed by atoms with Crippen molar-refractivity contribution in [2.45, 2.75) is 13.8 Å². The molecule has 0 atom stereocenters. The first-order valence-electron chi connectivity index (χ1n) is 7.33. The lowest BCUT2D eigenvalue weighted by molar-refractivity contribution is -0.142. The van der Waals surface area contributed by atoms with Crippen LogP contribution in [0.3, 0.4) is 0 Å². The van der Waals surface area contributed by atoms with E-state index >= 15 is 0 Å². The first-order chi connectivity index (χ1) is 10.5. The Labute approximate surface area is 130 Å². The summed E-state index contributed by atoms with van der Waals surface area (Å²) in [7, 11) is 1.32. The lowest BCUT2D eigenvalue weighted by atomic mass is 10.0. The molecule has 120 valence electrons. The molecule has 0 radical (unpaired) electrons. The number of carbonyl (C=O) groups is 2. The van der Waals surface area contributed by atoms with Crippen LogP contribution in [0.4, 0.5) is 0 Å². The van der Waals surface area contributed by atoms with Crippen molar-refractivity contribution in [1.82, 2.24) is 10.2 Å². The Kier molecular flexibility index (Phi) is 5.38. The van der Waals surface area contributed by atoms with Gasteiger partial charge in [-0.25, -0.2) is 4.79 Å². The zero-order chi connectivity index (χ0) is 16.1. The van der Waals surface area contributed by atoms with Gasteiger partial charge >= 0.3 is 5.97 Å². The minimum atomic E-state index is -0.431. The molecule has 1 saturated heterocycles. The molecule has 6 heteroatoms. The summed E-state index contributed by atoms with van der Waals surface area (Å²) in [6.45, 7) is 6.69. The minimum Gasteiger partial charge on any atom is -0.481 e. The summed E-state index contributed by atoms with van der Waals surface area (Å²) >= 11 is 0. The van der Waals surface area contributed by atoms with Gasteiger partial charge in [-0.15, -0.1) is 0 Å². The number of nitrogens with one attached hydrogen (secondary N) is 1. The van der Waals surface area contributed by atoms with Gasteiger partial charge in [-0.2, -0.15) is 0 Å². The summed E-state index contributed by atoms with van der Waals surface area (Å²) in [6.07, 6.45) is 0. The van der Waals surface area contributed by atoms with Crippen molar-refractivity contribution in [3.8, 4) is 5.75 Å². The Morgan fingerprint density at radius 2 is 1.77 bits per heavy atom. The molecule has 0 saturated carbocycles. The molecule has 2 rings (SSSR count). The van der Waals surface area contributed by atoms with Crippen molar-refractivity contribution in [3.63, 3.8) is 0 Å². The number of carbonyl (C=O) groups excluding carboxylic acids is 2. The fraction of sp³-hybridized carbons (Fsp3) is 0.500. The van der Waals surface area contributed by atoms with Crippen LogP contribution in [0.2, 0.25) is 0 Å². The number of methoxy groups -OCH3 is 1. The van der Waals surface area contributed by atoms with Gasteiger partial charge in [-0.05, 0) is 37.1 Å². The molecule has 22 heavy (non-hydrogen) atoms. The van der Waals surface area contributed by atoms with Crippen LogP contribution < -0.4 is 10.1 Å². The Morgan fingerprint density at radius 1 is 1.18 bits per heavy atom. The Morgan fingerprint density at radius 3 is 2.32 bits per heavy atom. The second-order valence-electron chi connectivity index (χ2n) is 5.35. The third-order valence-electron chi connectivity index (χ3n) is 3.67. The largest absolute Gasteiger partial charge is 0.481 e. The van der Waals surface area contributed by atoms with Gasteiger partial charge < -0.3 is 19.7 Å². The number of amides is 1. The highest BCUT2D eigenvalue weighted by atomic mass is 16.6. The van der Waals surface area contributed by atoms with Crippen molar-refractivity contribution in [1.29, 1.82) is 0 Å². The van der Waals surface area contributed by atoms with E-state index in [0.717, 1.165) is 37.3 Å². The number of benzene rings is 1. The third kappa shape index (κ3) is 3.76. The minimum absolute atomic E-state index is 0.0345. The fourth-order valence-electron chi connectivity index (χ4n) is 2.54. The van der Waals surface area contributed by atoms with E-state index in [-0.39, 0.29) is 12.5 Å². The summed E-state index contributed by atoms with van der Waals surface area (Å²) in [4.78, 5) is 25.5. The number of ether oxygens (including phenoxy) is 2. The highest BCUT2D eigenvalue weighted by molar-refractivity contribution is 5.95. The van der Waals surface area contributed by atoms with Crippen molar-refractivity contribution < 1.29 is 19.1 Å². The van der Waals surface area contributed by atoms with Crippen LogP contribution in [0.1, 0.15) is 21.5 Å². The standard InChI is InChI=1S/C16H22N2O4/c1-11-8-13(16(20)18-6-4-17-5-7-18)9-12(2)15(11)22-10-14(19)21-3/h8-9,17H,4-7,10H2,1-3H3. The van der Waals surface area contributed by atoms with Gasteiger partial charge in [0.25, 0.3) is 5.91 Å². The van der Waals surface area contributed by atoms with E-state index in [1.165, 1.54) is 7.11 Å². The molecule has 0 unspecified atom stereocenters. The van der Waals surface area contributed by atoms with E-state index < -0.39 is 5.97 Å². The number of nitrogens with zero attached hydrogens (tertiary/aromatic N) is 1. The molecular formula is C16H22N2O4. The molecule has 1 aromatic carbocycles. The molecule has 6 nitrogen and oxygen atoms in total. The number of rotatable bonds is 4. The Balaban J connectivity index is 2.14. The van der Waals surface area contributed by atoms with Gasteiger partial charge in [0.1, 0.15) is 5.75 Å². The average molecular weight is 306 g/mol. The van der Waals surface area contributed by atoms with Crippen molar-refractivity contribution in [2.24, 2.45) is 0 Å². The monoisotopic (exact) mass is 306 g/mol. The van der Waals surface area contributed by atoms with Gasteiger partial charge in [-0.1, -0.05) is 0 Å². The smallest absolute Gasteiger partial charge is 0.343 e. The van der Waals surface area contributed by atoms with E-state index in [4.69, 9.17) is 4.74 Å². The van der Waals surface area contributed by atoms with Crippen LogP contribution in [0.15, 0.2) is 12.1 Å². The van der Waals surface area contributed by atoms with E-state index in [1.807, 2.05) is 30.9 Å². The van der Waals surface area contributed by atoms with E-state index in [0.29, 0.717) is 11.3 Å². The van der Waals surface area contributed by atoms with Gasteiger partial charge in [0.05, 0.1) is 7.11 Å². The van der Waals surface area contributed by atoms with Gasteiger partial charge in [0.15, 0.2) is 6.61 Å². The zero-order valence-corrected chi connectivity index (χ0v) is 13.3. The van der Waals surface area contributed by atoms with Crippen LogP contribution in [0.5, 0.6) is 5.75 Å². The van der Waals surface area contributed by atoms with Crippen molar-refractivity contribution in [2.75, 3.05) is 39.9 Å². The molecule has 1 amide bonds. The van der Waals surface area contributed by atoms with Crippen LogP contribution in [-0.2, 0) is 9.53 Å². The van der Waals surface area contributed by atoms with Gasteiger partial charge in [0, 0.05) is 31.7 Å². The number of aryl methyl sites for hydroxylation is 2. The average Bonchev–Trinajstić information content (AvgIpc) is 2.53. The van der Waals surface area contributed by atoms with Gasteiger partial charge in [0.2, 0.25) is 0 Å². The quantitative estimate of drug-likeness (QED) is 0.837. The lowest BCUT2D eigenvalue weighted by Gasteiger charge is -2.27. The molecule has 1 aromatic rings. The Hall–Kier alpha value is -2.08. The highest BCUT2D eigenvalue weighted by Crippen LogP contribution is 2.25. The molecule has 1 fully saturated rings. The summed E-state index contributed by atoms with van der Waals surface area (Å²) in [5.74, 6) is 0.231. The van der Waals surface area contributed by atoms with E-state index in [1.54, 1.807) is 0 Å². The molecule has 1 aliphatic heterocycles. The summed E-state index contributed by atoms with van der Waals surface area (Å²) < 4.78 is 10.1. The molecule has 0 bridgehead atoms. The molecule has 1 aliphatic rings.